The summed E-state index contributed by atoms with van der Waals surface area (Å²) in [6, 6.07) is 6.60. The van der Waals surface area contributed by atoms with Gasteiger partial charge in [0.25, 0.3) is 0 Å². The Hall–Kier alpha value is -2.04. The molecule has 0 N–H and O–H groups in total. The fraction of sp³-hybridized carbons (Fsp3) is 0.667. The Balaban J connectivity index is 1.26. The van der Waals surface area contributed by atoms with Crippen molar-refractivity contribution >= 4 is 11.8 Å². The number of carbonyl (C=O) groups is 2. The summed E-state index contributed by atoms with van der Waals surface area (Å²) in [6.07, 6.45) is 6.45. The topological polar surface area (TPSA) is 49.9 Å². The van der Waals surface area contributed by atoms with Crippen molar-refractivity contribution < 1.29 is 14.3 Å². The molecule has 3 fully saturated rings. The first-order valence-corrected chi connectivity index (χ1v) is 11.3. The third kappa shape index (κ3) is 3.64. The Morgan fingerprint density at radius 3 is 2.93 bits per heavy atom. The third-order valence-electron chi connectivity index (χ3n) is 7.40. The van der Waals surface area contributed by atoms with E-state index in [4.69, 9.17) is 4.74 Å². The monoisotopic (exact) mass is 396 g/mol. The van der Waals surface area contributed by atoms with Crippen LogP contribution in [0.2, 0.25) is 0 Å². The zero-order valence-electron chi connectivity index (χ0n) is 17.7. The number of likely N-dealkylation sites (tertiary alicyclic amines) is 1. The summed E-state index contributed by atoms with van der Waals surface area (Å²) in [5.41, 5.74) is 2.20. The largest absolute Gasteiger partial charge is 0.488 e. The summed E-state index contributed by atoms with van der Waals surface area (Å²) in [5, 5.41) is 0. The van der Waals surface area contributed by atoms with Crippen LogP contribution in [0.4, 0.5) is 0 Å². The summed E-state index contributed by atoms with van der Waals surface area (Å²) in [4.78, 5) is 29.6. The normalized spacial score (nSPS) is 30.3. The van der Waals surface area contributed by atoms with Crippen molar-refractivity contribution in [3.63, 3.8) is 0 Å². The third-order valence-corrected chi connectivity index (χ3v) is 7.40. The van der Waals surface area contributed by atoms with Crippen molar-refractivity contribution in [3.05, 3.63) is 29.3 Å². The quantitative estimate of drug-likeness (QED) is 0.771. The number of hydrogen-bond acceptors (Lipinski definition) is 3. The van der Waals surface area contributed by atoms with E-state index in [9.17, 15) is 9.59 Å². The average Bonchev–Trinajstić information content (AvgIpc) is 2.68. The van der Waals surface area contributed by atoms with Crippen molar-refractivity contribution in [2.75, 3.05) is 19.6 Å². The predicted molar refractivity (Wildman–Crippen MR) is 111 cm³/mol. The molecule has 4 aliphatic heterocycles. The lowest BCUT2D eigenvalue weighted by Gasteiger charge is -2.52. The molecule has 29 heavy (non-hydrogen) atoms. The number of fused-ring (bicyclic) bond motifs is 5. The van der Waals surface area contributed by atoms with Gasteiger partial charge in [0.2, 0.25) is 11.8 Å². The molecule has 5 heteroatoms. The molecule has 1 unspecified atom stereocenters. The molecule has 5 rings (SSSR count). The first-order chi connectivity index (χ1) is 13.9. The number of amides is 2. The second-order valence-corrected chi connectivity index (χ2v) is 10.1. The molecular formula is C24H32N2O3. The maximum absolute atomic E-state index is 13.1. The van der Waals surface area contributed by atoms with E-state index in [1.807, 2.05) is 12.1 Å². The minimum absolute atomic E-state index is 0.107. The van der Waals surface area contributed by atoms with E-state index < -0.39 is 0 Å². The minimum atomic E-state index is -0.107. The predicted octanol–water partition coefficient (Wildman–Crippen LogP) is 3.19. The Morgan fingerprint density at radius 1 is 1.21 bits per heavy atom. The van der Waals surface area contributed by atoms with Crippen LogP contribution in [-0.4, -0.2) is 52.9 Å². The van der Waals surface area contributed by atoms with Crippen LogP contribution >= 0.6 is 0 Å². The van der Waals surface area contributed by atoms with Crippen LogP contribution in [0.1, 0.15) is 57.1 Å². The maximum atomic E-state index is 13.1. The van der Waals surface area contributed by atoms with E-state index in [1.165, 1.54) is 12.0 Å². The number of ether oxygens (including phenoxy) is 1. The van der Waals surface area contributed by atoms with Gasteiger partial charge in [-0.3, -0.25) is 9.59 Å². The fourth-order valence-electron chi connectivity index (χ4n) is 5.92. The molecule has 3 atom stereocenters. The first-order valence-electron chi connectivity index (χ1n) is 11.3. The standard InChI is InChI=1S/C24H32N2O3/c1-24(2)9-8-18-10-16(6-7-21(18)29-24)12-23(28)25-13-17-11-19(15-25)20-4-3-5-22(27)26(20)14-17/h6-7,10,17,19-20H,3-5,8-9,11-15H2,1-2H3/t17-,19+,20?/m1/s1. The van der Waals surface area contributed by atoms with Gasteiger partial charge >= 0.3 is 0 Å². The summed E-state index contributed by atoms with van der Waals surface area (Å²) in [7, 11) is 0. The van der Waals surface area contributed by atoms with Crippen LogP contribution in [0, 0.1) is 11.8 Å². The van der Waals surface area contributed by atoms with Crippen molar-refractivity contribution in [2.45, 2.75) is 70.4 Å². The first kappa shape index (κ1) is 19.0. The number of benzene rings is 1. The molecule has 0 radical (unpaired) electrons. The van der Waals surface area contributed by atoms with Crippen molar-refractivity contribution in [2.24, 2.45) is 11.8 Å². The van der Waals surface area contributed by atoms with Crippen molar-refractivity contribution in [3.8, 4) is 5.75 Å². The van der Waals surface area contributed by atoms with Crippen molar-refractivity contribution in [1.29, 1.82) is 0 Å². The van der Waals surface area contributed by atoms with Gasteiger partial charge in [-0.2, -0.15) is 0 Å². The molecule has 4 aliphatic rings. The number of piperidine rings is 3. The Morgan fingerprint density at radius 2 is 2.07 bits per heavy atom. The highest BCUT2D eigenvalue weighted by atomic mass is 16.5. The molecule has 4 heterocycles. The van der Waals surface area contributed by atoms with E-state index in [0.717, 1.165) is 56.6 Å². The summed E-state index contributed by atoms with van der Waals surface area (Å²) < 4.78 is 6.08. The van der Waals surface area contributed by atoms with E-state index in [2.05, 4.69) is 29.7 Å². The molecule has 0 spiro atoms. The van der Waals surface area contributed by atoms with Gasteiger partial charge < -0.3 is 14.5 Å². The summed E-state index contributed by atoms with van der Waals surface area (Å²) >= 11 is 0. The van der Waals surface area contributed by atoms with Gasteiger partial charge in [-0.25, -0.2) is 0 Å². The van der Waals surface area contributed by atoms with Gasteiger partial charge in [0.15, 0.2) is 0 Å². The van der Waals surface area contributed by atoms with Crippen LogP contribution < -0.4 is 4.74 Å². The lowest BCUT2D eigenvalue weighted by atomic mass is 9.76. The lowest BCUT2D eigenvalue weighted by molar-refractivity contribution is -0.148. The number of carbonyl (C=O) groups excluding carboxylic acids is 2. The molecule has 0 aromatic heterocycles. The van der Waals surface area contributed by atoms with Gasteiger partial charge in [-0.1, -0.05) is 12.1 Å². The Kier molecular flexibility index (Phi) is 4.60. The smallest absolute Gasteiger partial charge is 0.227 e. The molecule has 5 nitrogen and oxygen atoms in total. The van der Waals surface area contributed by atoms with Crippen molar-refractivity contribution in [1.82, 2.24) is 9.80 Å². The fourth-order valence-corrected chi connectivity index (χ4v) is 5.92. The zero-order chi connectivity index (χ0) is 20.2. The van der Waals surface area contributed by atoms with Gasteiger partial charge in [-0.15, -0.1) is 0 Å². The number of aryl methyl sites for hydroxylation is 1. The Bertz CT molecular complexity index is 833. The molecule has 3 saturated heterocycles. The van der Waals surface area contributed by atoms with Gasteiger partial charge in [-0.05, 0) is 75.0 Å². The molecule has 1 aromatic carbocycles. The number of hydrogen-bond donors (Lipinski definition) is 0. The zero-order valence-corrected chi connectivity index (χ0v) is 17.7. The molecule has 0 aliphatic carbocycles. The highest BCUT2D eigenvalue weighted by Crippen LogP contribution is 2.38. The van der Waals surface area contributed by atoms with Gasteiger partial charge in [0, 0.05) is 32.1 Å². The minimum Gasteiger partial charge on any atom is -0.488 e. The lowest BCUT2D eigenvalue weighted by Crippen LogP contribution is -2.61. The molecular weight excluding hydrogens is 364 g/mol. The molecule has 156 valence electrons. The molecule has 2 amide bonds. The number of rotatable bonds is 2. The maximum Gasteiger partial charge on any atom is 0.227 e. The molecule has 1 aromatic rings. The SMILES string of the molecule is CC1(C)CCc2cc(CC(=O)N3C[C@H]4C[C@@H](C3)C3CCCC(=O)N3C4)ccc2O1. The highest BCUT2D eigenvalue weighted by Gasteiger charge is 2.44. The van der Waals surface area contributed by atoms with Crippen LogP contribution in [0.15, 0.2) is 18.2 Å². The molecule has 0 saturated carbocycles. The van der Waals surface area contributed by atoms with Crippen LogP contribution in [-0.2, 0) is 22.4 Å². The van der Waals surface area contributed by atoms with Gasteiger partial charge in [0.05, 0.1) is 6.42 Å². The van der Waals surface area contributed by atoms with E-state index in [0.29, 0.717) is 36.6 Å². The summed E-state index contributed by atoms with van der Waals surface area (Å²) in [6.45, 7) is 6.71. The second-order valence-electron chi connectivity index (χ2n) is 10.1. The van der Waals surface area contributed by atoms with E-state index in [1.54, 1.807) is 0 Å². The summed E-state index contributed by atoms with van der Waals surface area (Å²) in [5.74, 6) is 2.42. The van der Waals surface area contributed by atoms with Crippen LogP contribution in [0.5, 0.6) is 5.75 Å². The second kappa shape index (κ2) is 7.03. The Labute approximate surface area is 173 Å². The van der Waals surface area contributed by atoms with Gasteiger partial charge in [0.1, 0.15) is 11.4 Å². The number of nitrogens with zero attached hydrogens (tertiary/aromatic N) is 2. The highest BCUT2D eigenvalue weighted by molar-refractivity contribution is 5.80. The van der Waals surface area contributed by atoms with E-state index in [-0.39, 0.29) is 11.5 Å². The molecule has 2 bridgehead atoms. The van der Waals surface area contributed by atoms with E-state index >= 15 is 0 Å². The van der Waals surface area contributed by atoms with Crippen LogP contribution in [0.3, 0.4) is 0 Å². The van der Waals surface area contributed by atoms with Crippen LogP contribution in [0.25, 0.3) is 0 Å². The average molecular weight is 397 g/mol.